The van der Waals surface area contributed by atoms with Crippen LogP contribution in [0, 0.1) is 34.0 Å². The van der Waals surface area contributed by atoms with Crippen LogP contribution in [0.1, 0.15) is 90.9 Å². The summed E-state index contributed by atoms with van der Waals surface area (Å²) in [6.07, 6.45) is 8.55. The maximum Gasteiger partial charge on any atom is 0.177 e. The summed E-state index contributed by atoms with van der Waals surface area (Å²) in [6, 6.07) is 8.36. The summed E-state index contributed by atoms with van der Waals surface area (Å²) >= 11 is 0. The van der Waals surface area contributed by atoms with Gasteiger partial charge in [-0.25, -0.2) is 0 Å². The van der Waals surface area contributed by atoms with E-state index in [1.165, 1.54) is 6.92 Å². The monoisotopic (exact) mass is 603 g/mol. The molecule has 5 atom stereocenters. The first-order valence-electron chi connectivity index (χ1n) is 16.0. The van der Waals surface area contributed by atoms with Crippen LogP contribution in [0.15, 0.2) is 94.2 Å². The Balaban J connectivity index is 1.80. The van der Waals surface area contributed by atoms with Crippen molar-refractivity contribution in [3.63, 3.8) is 0 Å². The predicted octanol–water partition coefficient (Wildman–Crippen LogP) is 8.66. The van der Waals surface area contributed by atoms with Crippen LogP contribution >= 0.6 is 0 Å². The van der Waals surface area contributed by atoms with Crippen LogP contribution in [0.25, 0.3) is 5.57 Å². The summed E-state index contributed by atoms with van der Waals surface area (Å²) in [5.74, 6) is 0.153. The molecule has 5 heteroatoms. The Morgan fingerprint density at radius 1 is 1.27 bits per heavy atom. The minimum atomic E-state index is -1.11. The van der Waals surface area contributed by atoms with E-state index in [2.05, 4.69) is 52.2 Å². The highest BCUT2D eigenvalue weighted by Gasteiger charge is 2.61. The Bertz CT molecular complexity index is 1740. The number of carbonyl (C=O) groups is 2. The number of Topliss-reactive ketones (excluding diaryl/α,β-unsaturated/α-hetero) is 2. The Morgan fingerprint density at radius 3 is 2.58 bits per heavy atom. The van der Waals surface area contributed by atoms with Gasteiger partial charge >= 0.3 is 0 Å². The van der Waals surface area contributed by atoms with Crippen LogP contribution in [0.5, 0.6) is 5.75 Å². The summed E-state index contributed by atoms with van der Waals surface area (Å²) in [7, 11) is 1.66. The topological polar surface area (TPSA) is 87.4 Å². The Hall–Kier alpha value is -4.01. The number of nitriles is 1. The fourth-order valence-corrected chi connectivity index (χ4v) is 8.98. The summed E-state index contributed by atoms with van der Waals surface area (Å²) in [6.45, 7) is 20.1. The lowest BCUT2D eigenvalue weighted by atomic mass is 9.45. The first-order chi connectivity index (χ1) is 21.3. The molecular formula is C40H45NO4. The van der Waals surface area contributed by atoms with Gasteiger partial charge in [-0.3, -0.25) is 9.59 Å². The lowest BCUT2D eigenvalue weighted by molar-refractivity contribution is -0.130. The zero-order valence-electron chi connectivity index (χ0n) is 27.8. The van der Waals surface area contributed by atoms with Crippen LogP contribution in [0.2, 0.25) is 0 Å². The van der Waals surface area contributed by atoms with Crippen molar-refractivity contribution in [2.75, 3.05) is 7.11 Å². The van der Waals surface area contributed by atoms with Crippen molar-refractivity contribution >= 4 is 17.1 Å². The molecule has 1 aromatic rings. The number of methoxy groups -OCH3 is 1. The zero-order valence-corrected chi connectivity index (χ0v) is 27.8. The fraction of sp³-hybridized carbons (Fsp3) is 0.425. The Labute approximate surface area is 268 Å². The minimum absolute atomic E-state index is 0.00707. The number of ether oxygens (including phenoxy) is 1. The van der Waals surface area contributed by atoms with Crippen molar-refractivity contribution in [2.24, 2.45) is 22.7 Å². The summed E-state index contributed by atoms with van der Waals surface area (Å²) < 4.78 is 5.88. The largest absolute Gasteiger partial charge is 0.496 e. The van der Waals surface area contributed by atoms with Gasteiger partial charge < -0.3 is 9.84 Å². The summed E-state index contributed by atoms with van der Waals surface area (Å²) in [5, 5.41) is 21.7. The van der Waals surface area contributed by atoms with Crippen molar-refractivity contribution < 1.29 is 19.4 Å². The van der Waals surface area contributed by atoms with Crippen molar-refractivity contribution in [1.82, 2.24) is 0 Å². The van der Waals surface area contributed by atoms with Gasteiger partial charge in [0.2, 0.25) is 0 Å². The SMILES string of the molecule is C=CCC(O)c1ccc(OC)c(C2=C3C[C@@]4(C)C[C@H]5[C@H](CC)C(C)=C(C(C)=O)C(=O)[C@@]5(C)C(C#N)=C4C(=C)C3=C(C)C=CC2)c1. The molecule has 0 amide bonds. The van der Waals surface area contributed by atoms with E-state index in [1.54, 1.807) is 13.2 Å². The standard InChI is InChI=1S/C40H45NO4/c1-10-13-33(43)26-16-17-34(45-9)29(18-26)28-15-12-14-22(3)35-24(5)37-32(21-41)40(8)31(20-39(37,7)19-30(28)35)27(11-2)23(4)36(25(6)42)38(40)44/h10,12,14,16-18,27,31,33,43H,1,5,11,13,15,19-20H2,2-4,6-9H3/t27-,31+,33?,39+,40-/m1/s1. The molecule has 4 aliphatic carbocycles. The molecule has 234 valence electrons. The van der Waals surface area contributed by atoms with E-state index >= 15 is 0 Å². The normalized spacial score (nSPS) is 28.7. The van der Waals surface area contributed by atoms with E-state index in [0.717, 1.165) is 62.3 Å². The average Bonchev–Trinajstić information content (AvgIpc) is 3.15. The number of benzene rings is 1. The van der Waals surface area contributed by atoms with Gasteiger partial charge in [0.15, 0.2) is 11.6 Å². The van der Waals surface area contributed by atoms with Gasteiger partial charge in [-0.2, -0.15) is 5.26 Å². The number of nitrogens with zero attached hydrogens (tertiary/aromatic N) is 1. The van der Waals surface area contributed by atoms with Crippen LogP contribution in [0.3, 0.4) is 0 Å². The molecule has 0 heterocycles. The van der Waals surface area contributed by atoms with E-state index in [4.69, 9.17) is 4.74 Å². The van der Waals surface area contributed by atoms with Gasteiger partial charge in [-0.1, -0.05) is 50.3 Å². The highest BCUT2D eigenvalue weighted by atomic mass is 16.5. The van der Waals surface area contributed by atoms with Gasteiger partial charge in [0.25, 0.3) is 0 Å². The molecule has 45 heavy (non-hydrogen) atoms. The smallest absolute Gasteiger partial charge is 0.177 e. The molecular weight excluding hydrogens is 558 g/mol. The molecule has 5 nitrogen and oxygen atoms in total. The molecule has 1 unspecified atom stereocenters. The molecule has 0 bridgehead atoms. The average molecular weight is 604 g/mol. The van der Waals surface area contributed by atoms with Crippen molar-refractivity contribution in [3.05, 3.63) is 105 Å². The van der Waals surface area contributed by atoms with Crippen molar-refractivity contribution in [3.8, 4) is 11.8 Å². The maximum atomic E-state index is 14.3. The lowest BCUT2D eigenvalue weighted by Gasteiger charge is -2.56. The van der Waals surface area contributed by atoms with E-state index in [-0.39, 0.29) is 29.0 Å². The molecule has 1 N–H and O–H groups in total. The number of ketones is 2. The lowest BCUT2D eigenvalue weighted by Crippen LogP contribution is -2.53. The van der Waals surface area contributed by atoms with E-state index in [1.807, 2.05) is 32.0 Å². The van der Waals surface area contributed by atoms with Crippen LogP contribution in [-0.2, 0) is 9.59 Å². The number of rotatable bonds is 7. The Morgan fingerprint density at radius 2 is 1.98 bits per heavy atom. The summed E-state index contributed by atoms with van der Waals surface area (Å²) in [5.41, 5.74) is 7.67. The molecule has 1 aromatic carbocycles. The second kappa shape index (κ2) is 11.7. The first-order valence-corrected chi connectivity index (χ1v) is 16.0. The zero-order chi connectivity index (χ0) is 33.0. The number of allylic oxidation sites excluding steroid dienone is 11. The number of fused-ring (bicyclic) bond motifs is 3. The van der Waals surface area contributed by atoms with Gasteiger partial charge in [-0.15, -0.1) is 6.58 Å². The molecule has 0 aliphatic heterocycles. The number of aliphatic hydroxyl groups excluding tert-OH is 1. The Kier molecular flexibility index (Phi) is 8.44. The molecule has 0 radical (unpaired) electrons. The number of hydrogen-bond acceptors (Lipinski definition) is 5. The van der Waals surface area contributed by atoms with Gasteiger partial charge in [0.05, 0.1) is 30.3 Å². The molecule has 0 spiro atoms. The molecule has 1 fully saturated rings. The molecule has 0 aromatic heterocycles. The third-order valence-corrected chi connectivity index (χ3v) is 11.1. The number of aliphatic hydroxyl groups is 1. The van der Waals surface area contributed by atoms with Gasteiger partial charge in [0.1, 0.15) is 5.75 Å². The predicted molar refractivity (Wildman–Crippen MR) is 179 cm³/mol. The quantitative estimate of drug-likeness (QED) is 0.249. The molecule has 5 rings (SSSR count). The van der Waals surface area contributed by atoms with Crippen LogP contribution in [-0.4, -0.2) is 23.8 Å². The van der Waals surface area contributed by atoms with E-state index in [0.29, 0.717) is 31.3 Å². The number of hydrogen-bond donors (Lipinski definition) is 1. The highest BCUT2D eigenvalue weighted by Crippen LogP contribution is 2.66. The van der Waals surface area contributed by atoms with E-state index in [9.17, 15) is 20.0 Å². The third-order valence-electron chi connectivity index (χ3n) is 11.1. The minimum Gasteiger partial charge on any atom is -0.496 e. The maximum absolute atomic E-state index is 14.3. The number of carbonyl (C=O) groups excluding carboxylic acids is 2. The van der Waals surface area contributed by atoms with Crippen LogP contribution < -0.4 is 4.74 Å². The van der Waals surface area contributed by atoms with Crippen molar-refractivity contribution in [2.45, 2.75) is 79.8 Å². The van der Waals surface area contributed by atoms with Gasteiger partial charge in [-0.05, 0) is 128 Å². The van der Waals surface area contributed by atoms with Crippen LogP contribution in [0.4, 0.5) is 0 Å². The second-order valence-electron chi connectivity index (χ2n) is 13.7. The summed E-state index contributed by atoms with van der Waals surface area (Å²) in [4.78, 5) is 27.2. The third kappa shape index (κ3) is 4.77. The molecule has 0 saturated heterocycles. The van der Waals surface area contributed by atoms with Crippen molar-refractivity contribution in [1.29, 1.82) is 5.26 Å². The highest BCUT2D eigenvalue weighted by molar-refractivity contribution is 6.23. The van der Waals surface area contributed by atoms with Gasteiger partial charge in [0, 0.05) is 11.1 Å². The molecule has 4 aliphatic rings. The van der Waals surface area contributed by atoms with E-state index < -0.39 is 16.9 Å². The second-order valence-corrected chi connectivity index (χ2v) is 13.7. The fourth-order valence-electron chi connectivity index (χ4n) is 8.98. The first kappa shape index (κ1) is 32.4. The molecule has 1 saturated carbocycles.